The molecule has 0 bridgehead atoms. The summed E-state index contributed by atoms with van der Waals surface area (Å²) in [4.78, 5) is 13.4. The summed E-state index contributed by atoms with van der Waals surface area (Å²) in [5, 5.41) is 12.0. The molecule has 15 heavy (non-hydrogen) atoms. The van der Waals surface area contributed by atoms with Gasteiger partial charge in [0.05, 0.1) is 0 Å². The molecule has 0 aliphatic heterocycles. The summed E-state index contributed by atoms with van der Waals surface area (Å²) in [5.41, 5.74) is 0. The minimum atomic E-state index is 0.191. The lowest BCUT2D eigenvalue weighted by atomic mass is 10.2. The standard InChI is InChI=1S/C11H24N2O2/c1-4-13(5-2)11(15)6-7-12-8-10(3)9-14/h10,12,14H,4-9H2,1-3H3. The first-order valence-electron chi connectivity index (χ1n) is 5.75. The zero-order valence-electron chi connectivity index (χ0n) is 10.1. The van der Waals surface area contributed by atoms with E-state index >= 15 is 0 Å². The fraction of sp³-hybridized carbons (Fsp3) is 0.909. The number of nitrogens with zero attached hydrogens (tertiary/aromatic N) is 1. The highest BCUT2D eigenvalue weighted by Crippen LogP contribution is 1.93. The number of aliphatic hydroxyl groups excluding tert-OH is 1. The van der Waals surface area contributed by atoms with Gasteiger partial charge in [0.1, 0.15) is 0 Å². The average molecular weight is 216 g/mol. The second kappa shape index (κ2) is 8.68. The Labute approximate surface area is 92.7 Å². The molecule has 0 aromatic carbocycles. The molecule has 2 N–H and O–H groups in total. The topological polar surface area (TPSA) is 52.6 Å². The monoisotopic (exact) mass is 216 g/mol. The minimum absolute atomic E-state index is 0.191. The Balaban J connectivity index is 3.54. The van der Waals surface area contributed by atoms with Crippen molar-refractivity contribution in [2.24, 2.45) is 5.92 Å². The number of rotatable bonds is 8. The molecule has 0 spiro atoms. The third kappa shape index (κ3) is 6.47. The van der Waals surface area contributed by atoms with Crippen LogP contribution in [0.2, 0.25) is 0 Å². The van der Waals surface area contributed by atoms with Crippen molar-refractivity contribution in [1.82, 2.24) is 10.2 Å². The predicted molar refractivity (Wildman–Crippen MR) is 61.7 cm³/mol. The normalized spacial score (nSPS) is 12.5. The summed E-state index contributed by atoms with van der Waals surface area (Å²) in [6, 6.07) is 0. The smallest absolute Gasteiger partial charge is 0.223 e. The molecule has 1 atom stereocenters. The SMILES string of the molecule is CCN(CC)C(=O)CCNCC(C)CO. The second-order valence-corrected chi connectivity index (χ2v) is 3.81. The van der Waals surface area contributed by atoms with E-state index in [9.17, 15) is 4.79 Å². The Morgan fingerprint density at radius 2 is 2.00 bits per heavy atom. The van der Waals surface area contributed by atoms with Gasteiger partial charge in [0, 0.05) is 32.7 Å². The van der Waals surface area contributed by atoms with E-state index in [2.05, 4.69) is 5.32 Å². The lowest BCUT2D eigenvalue weighted by Crippen LogP contribution is -2.33. The zero-order valence-corrected chi connectivity index (χ0v) is 10.1. The van der Waals surface area contributed by atoms with Crippen molar-refractivity contribution in [2.45, 2.75) is 27.2 Å². The van der Waals surface area contributed by atoms with E-state index in [1.165, 1.54) is 0 Å². The van der Waals surface area contributed by atoms with Gasteiger partial charge in [-0.3, -0.25) is 4.79 Å². The molecule has 1 amide bonds. The van der Waals surface area contributed by atoms with E-state index in [4.69, 9.17) is 5.11 Å². The first kappa shape index (κ1) is 14.4. The molecule has 0 saturated carbocycles. The van der Waals surface area contributed by atoms with Crippen molar-refractivity contribution in [1.29, 1.82) is 0 Å². The first-order chi connectivity index (χ1) is 7.15. The Hall–Kier alpha value is -0.610. The minimum Gasteiger partial charge on any atom is -0.396 e. The molecule has 0 rings (SSSR count). The summed E-state index contributed by atoms with van der Waals surface area (Å²) in [7, 11) is 0. The molecule has 0 saturated heterocycles. The number of hydrogen-bond acceptors (Lipinski definition) is 3. The van der Waals surface area contributed by atoms with Gasteiger partial charge >= 0.3 is 0 Å². The highest BCUT2D eigenvalue weighted by Gasteiger charge is 2.08. The molecule has 90 valence electrons. The Morgan fingerprint density at radius 1 is 1.40 bits per heavy atom. The molecule has 4 heteroatoms. The van der Waals surface area contributed by atoms with Crippen LogP contribution >= 0.6 is 0 Å². The number of amides is 1. The van der Waals surface area contributed by atoms with Crippen molar-refractivity contribution in [3.8, 4) is 0 Å². The quantitative estimate of drug-likeness (QED) is 0.580. The molecule has 4 nitrogen and oxygen atoms in total. The molecular weight excluding hydrogens is 192 g/mol. The van der Waals surface area contributed by atoms with Crippen molar-refractivity contribution >= 4 is 5.91 Å². The van der Waals surface area contributed by atoms with E-state index < -0.39 is 0 Å². The Morgan fingerprint density at radius 3 is 2.47 bits per heavy atom. The van der Waals surface area contributed by atoms with Gasteiger partial charge in [-0.1, -0.05) is 6.92 Å². The van der Waals surface area contributed by atoms with Crippen LogP contribution < -0.4 is 5.32 Å². The molecular formula is C11H24N2O2. The maximum Gasteiger partial charge on any atom is 0.223 e. The van der Waals surface area contributed by atoms with E-state index in [0.717, 1.165) is 19.6 Å². The summed E-state index contributed by atoms with van der Waals surface area (Å²) >= 11 is 0. The number of carbonyl (C=O) groups excluding carboxylic acids is 1. The lowest BCUT2D eigenvalue weighted by Gasteiger charge is -2.18. The number of nitrogens with one attached hydrogen (secondary N) is 1. The summed E-state index contributed by atoms with van der Waals surface area (Å²) in [5.74, 6) is 0.456. The van der Waals surface area contributed by atoms with Crippen LogP contribution in [0.4, 0.5) is 0 Å². The average Bonchev–Trinajstić information content (AvgIpc) is 2.25. The van der Waals surface area contributed by atoms with Crippen LogP contribution in [0.15, 0.2) is 0 Å². The van der Waals surface area contributed by atoms with Crippen molar-refractivity contribution in [3.05, 3.63) is 0 Å². The fourth-order valence-electron chi connectivity index (χ4n) is 1.34. The summed E-state index contributed by atoms with van der Waals surface area (Å²) in [6.45, 7) is 9.16. The molecule has 0 aromatic rings. The van der Waals surface area contributed by atoms with Gasteiger partial charge in [-0.25, -0.2) is 0 Å². The summed E-state index contributed by atoms with van der Waals surface area (Å²) in [6.07, 6.45) is 0.541. The van der Waals surface area contributed by atoms with Crippen LogP contribution in [-0.4, -0.2) is 48.7 Å². The van der Waals surface area contributed by atoms with Crippen LogP contribution in [0.1, 0.15) is 27.2 Å². The third-order valence-electron chi connectivity index (χ3n) is 2.44. The van der Waals surface area contributed by atoms with Gasteiger partial charge < -0.3 is 15.3 Å². The van der Waals surface area contributed by atoms with E-state index in [1.807, 2.05) is 25.7 Å². The van der Waals surface area contributed by atoms with Gasteiger partial charge in [0.2, 0.25) is 5.91 Å². The van der Waals surface area contributed by atoms with Crippen molar-refractivity contribution < 1.29 is 9.90 Å². The van der Waals surface area contributed by atoms with Crippen LogP contribution in [-0.2, 0) is 4.79 Å². The zero-order chi connectivity index (χ0) is 11.7. The van der Waals surface area contributed by atoms with E-state index in [-0.39, 0.29) is 18.4 Å². The number of hydrogen-bond donors (Lipinski definition) is 2. The third-order valence-corrected chi connectivity index (χ3v) is 2.44. The van der Waals surface area contributed by atoms with Crippen LogP contribution in [0, 0.1) is 5.92 Å². The largest absolute Gasteiger partial charge is 0.396 e. The molecule has 0 fully saturated rings. The van der Waals surface area contributed by atoms with Crippen LogP contribution in [0.3, 0.4) is 0 Å². The maximum absolute atomic E-state index is 11.6. The van der Waals surface area contributed by atoms with Crippen LogP contribution in [0.25, 0.3) is 0 Å². The first-order valence-corrected chi connectivity index (χ1v) is 5.75. The molecule has 0 aliphatic rings. The van der Waals surface area contributed by atoms with Crippen molar-refractivity contribution in [2.75, 3.05) is 32.8 Å². The van der Waals surface area contributed by atoms with Crippen LogP contribution in [0.5, 0.6) is 0 Å². The predicted octanol–water partition coefficient (Wildman–Crippen LogP) is 0.463. The molecule has 0 heterocycles. The number of aliphatic hydroxyl groups is 1. The van der Waals surface area contributed by atoms with Crippen molar-refractivity contribution in [3.63, 3.8) is 0 Å². The highest BCUT2D eigenvalue weighted by atomic mass is 16.3. The fourth-order valence-corrected chi connectivity index (χ4v) is 1.34. The van der Waals surface area contributed by atoms with E-state index in [1.54, 1.807) is 0 Å². The van der Waals surface area contributed by atoms with Gasteiger partial charge in [0.15, 0.2) is 0 Å². The Bertz CT molecular complexity index is 170. The lowest BCUT2D eigenvalue weighted by molar-refractivity contribution is -0.130. The summed E-state index contributed by atoms with van der Waals surface area (Å²) < 4.78 is 0. The second-order valence-electron chi connectivity index (χ2n) is 3.81. The van der Waals surface area contributed by atoms with Gasteiger partial charge in [-0.05, 0) is 26.3 Å². The van der Waals surface area contributed by atoms with Gasteiger partial charge in [-0.2, -0.15) is 0 Å². The highest BCUT2D eigenvalue weighted by molar-refractivity contribution is 5.76. The Kier molecular flexibility index (Phi) is 8.33. The molecule has 0 aliphatic carbocycles. The number of carbonyl (C=O) groups is 1. The molecule has 0 radical (unpaired) electrons. The molecule has 1 unspecified atom stereocenters. The van der Waals surface area contributed by atoms with Gasteiger partial charge in [-0.15, -0.1) is 0 Å². The van der Waals surface area contributed by atoms with Gasteiger partial charge in [0.25, 0.3) is 0 Å². The molecule has 0 aromatic heterocycles. The maximum atomic E-state index is 11.6. The van der Waals surface area contributed by atoms with E-state index in [0.29, 0.717) is 13.0 Å².